The zero-order chi connectivity index (χ0) is 22.0. The van der Waals surface area contributed by atoms with Gasteiger partial charge in [-0.3, -0.25) is 23.7 Å². The smallest absolute Gasteiger partial charge is 0.326 e. The van der Waals surface area contributed by atoms with Crippen molar-refractivity contribution in [1.29, 1.82) is 0 Å². The number of hydrogen-bond donors (Lipinski definition) is 2. The first-order valence-electron chi connectivity index (χ1n) is 9.78. The van der Waals surface area contributed by atoms with Crippen LogP contribution in [0.5, 0.6) is 0 Å². The largest absolute Gasteiger partial charge is 0.454 e. The number of fused-ring (bicyclic) bond motifs is 2. The Morgan fingerprint density at radius 2 is 1.97 bits per heavy atom. The lowest BCUT2D eigenvalue weighted by Gasteiger charge is -2.11. The number of anilines is 1. The Morgan fingerprint density at radius 1 is 1.19 bits per heavy atom. The van der Waals surface area contributed by atoms with Crippen molar-refractivity contribution in [1.82, 2.24) is 9.55 Å². The predicted octanol–water partition coefficient (Wildman–Crippen LogP) is 1.62. The summed E-state index contributed by atoms with van der Waals surface area (Å²) in [4.78, 5) is 53.9. The highest BCUT2D eigenvalue weighted by atomic mass is 32.1. The number of primary amides is 1. The maximum atomic E-state index is 12.4. The summed E-state index contributed by atoms with van der Waals surface area (Å²) >= 11 is 1.33. The van der Waals surface area contributed by atoms with Crippen LogP contribution in [0.3, 0.4) is 0 Å². The molecule has 1 aliphatic rings. The maximum absolute atomic E-state index is 12.4. The molecule has 3 aromatic rings. The third kappa shape index (κ3) is 4.33. The van der Waals surface area contributed by atoms with Gasteiger partial charge in [0.05, 0.1) is 22.8 Å². The van der Waals surface area contributed by atoms with E-state index in [1.807, 2.05) is 0 Å². The SMILES string of the molecule is NC(=O)c1c(NC(=O)COC(=O)Cn2cnc3ccccc3c2=O)sc2c1CCCC2. The van der Waals surface area contributed by atoms with Crippen LogP contribution in [0.2, 0.25) is 0 Å². The molecule has 2 aromatic heterocycles. The minimum atomic E-state index is -0.755. The topological polar surface area (TPSA) is 133 Å². The monoisotopic (exact) mass is 440 g/mol. The van der Waals surface area contributed by atoms with E-state index in [1.165, 1.54) is 17.7 Å². The summed E-state index contributed by atoms with van der Waals surface area (Å²) < 4.78 is 6.13. The quantitative estimate of drug-likeness (QED) is 0.560. The molecule has 0 spiro atoms. The van der Waals surface area contributed by atoms with Crippen LogP contribution in [0.4, 0.5) is 5.00 Å². The van der Waals surface area contributed by atoms with Gasteiger partial charge >= 0.3 is 5.97 Å². The lowest BCUT2D eigenvalue weighted by atomic mass is 9.95. The number of nitrogens with one attached hydrogen (secondary N) is 1. The normalized spacial score (nSPS) is 12.9. The number of carbonyl (C=O) groups is 3. The van der Waals surface area contributed by atoms with Gasteiger partial charge in [0, 0.05) is 4.88 Å². The molecule has 0 saturated carbocycles. The Bertz CT molecular complexity index is 1250. The van der Waals surface area contributed by atoms with E-state index >= 15 is 0 Å². The summed E-state index contributed by atoms with van der Waals surface area (Å²) in [6.45, 7) is -0.918. The lowest BCUT2D eigenvalue weighted by Crippen LogP contribution is -2.28. The first kappa shape index (κ1) is 20.7. The minimum absolute atomic E-state index is 0.341. The molecule has 0 radical (unpaired) electrons. The summed E-state index contributed by atoms with van der Waals surface area (Å²) in [6, 6.07) is 6.80. The number of rotatable bonds is 6. The summed E-state index contributed by atoms with van der Waals surface area (Å²) in [5.41, 5.74) is 6.91. The van der Waals surface area contributed by atoms with Crippen LogP contribution < -0.4 is 16.6 Å². The average molecular weight is 440 g/mol. The Morgan fingerprint density at radius 3 is 2.77 bits per heavy atom. The summed E-state index contributed by atoms with van der Waals surface area (Å²) in [7, 11) is 0. The zero-order valence-corrected chi connectivity index (χ0v) is 17.4. The van der Waals surface area contributed by atoms with E-state index in [1.54, 1.807) is 24.3 Å². The fraction of sp³-hybridized carbons (Fsp3) is 0.286. The van der Waals surface area contributed by atoms with Gasteiger partial charge in [0.25, 0.3) is 17.4 Å². The van der Waals surface area contributed by atoms with Gasteiger partial charge in [0.15, 0.2) is 6.61 Å². The molecule has 0 aliphatic heterocycles. The van der Waals surface area contributed by atoms with E-state index in [4.69, 9.17) is 10.5 Å². The van der Waals surface area contributed by atoms with Crippen molar-refractivity contribution in [3.8, 4) is 0 Å². The van der Waals surface area contributed by atoms with Crippen LogP contribution in [0.1, 0.15) is 33.6 Å². The number of aromatic nitrogens is 2. The molecular formula is C21H20N4O5S. The summed E-state index contributed by atoms with van der Waals surface area (Å²) in [5, 5.41) is 3.39. The number of esters is 1. The highest BCUT2D eigenvalue weighted by Gasteiger charge is 2.25. The summed E-state index contributed by atoms with van der Waals surface area (Å²) in [5.74, 6) is -1.93. The van der Waals surface area contributed by atoms with Crippen molar-refractivity contribution in [3.63, 3.8) is 0 Å². The van der Waals surface area contributed by atoms with Crippen molar-refractivity contribution in [2.24, 2.45) is 5.73 Å². The standard InChI is InChI=1S/C21H20N4O5S/c22-19(28)18-13-6-2-4-8-15(13)31-20(18)24-16(26)10-30-17(27)9-25-11-23-14-7-3-1-5-12(14)21(25)29/h1,3,5,7,11H,2,4,6,8-10H2,(H2,22,28)(H,24,26). The molecule has 0 saturated heterocycles. The van der Waals surface area contributed by atoms with Gasteiger partial charge in [-0.05, 0) is 43.4 Å². The minimum Gasteiger partial charge on any atom is -0.454 e. The van der Waals surface area contributed by atoms with E-state index in [0.717, 1.165) is 40.7 Å². The second-order valence-electron chi connectivity index (χ2n) is 7.18. The van der Waals surface area contributed by atoms with Crippen LogP contribution in [0.15, 0.2) is 35.4 Å². The molecule has 160 valence electrons. The Kier molecular flexibility index (Phi) is 5.81. The molecule has 0 fully saturated rings. The van der Waals surface area contributed by atoms with E-state index in [0.29, 0.717) is 21.5 Å². The van der Waals surface area contributed by atoms with E-state index in [9.17, 15) is 19.2 Å². The number of hydrogen-bond acceptors (Lipinski definition) is 7. The van der Waals surface area contributed by atoms with Crippen molar-refractivity contribution in [2.75, 3.05) is 11.9 Å². The number of amides is 2. The van der Waals surface area contributed by atoms with Crippen LogP contribution in [0.25, 0.3) is 10.9 Å². The van der Waals surface area contributed by atoms with Crippen molar-refractivity contribution < 1.29 is 19.1 Å². The lowest BCUT2D eigenvalue weighted by molar-refractivity contribution is -0.147. The van der Waals surface area contributed by atoms with Gasteiger partial charge in [-0.1, -0.05) is 12.1 Å². The molecule has 10 heteroatoms. The summed E-state index contributed by atoms with van der Waals surface area (Å²) in [6.07, 6.45) is 4.86. The maximum Gasteiger partial charge on any atom is 0.326 e. The van der Waals surface area contributed by atoms with Crippen molar-refractivity contribution in [3.05, 3.63) is 57.0 Å². The number of para-hydroxylation sites is 1. The zero-order valence-electron chi connectivity index (χ0n) is 16.6. The molecule has 1 aliphatic carbocycles. The highest BCUT2D eigenvalue weighted by molar-refractivity contribution is 7.17. The average Bonchev–Trinajstić information content (AvgIpc) is 3.12. The van der Waals surface area contributed by atoms with Gasteiger partial charge in [-0.25, -0.2) is 4.98 Å². The predicted molar refractivity (Wildman–Crippen MR) is 115 cm³/mol. The van der Waals surface area contributed by atoms with E-state index < -0.39 is 24.4 Å². The van der Waals surface area contributed by atoms with Crippen LogP contribution in [-0.4, -0.2) is 33.9 Å². The molecule has 0 bridgehead atoms. The molecule has 3 N–H and O–H groups in total. The fourth-order valence-corrected chi connectivity index (χ4v) is 4.94. The Hall–Kier alpha value is -3.53. The third-order valence-corrected chi connectivity index (χ3v) is 6.27. The highest BCUT2D eigenvalue weighted by Crippen LogP contribution is 2.37. The van der Waals surface area contributed by atoms with Crippen LogP contribution in [0, 0.1) is 0 Å². The van der Waals surface area contributed by atoms with Gasteiger partial charge < -0.3 is 15.8 Å². The number of nitrogens with zero attached hydrogens (tertiary/aromatic N) is 2. The molecule has 31 heavy (non-hydrogen) atoms. The van der Waals surface area contributed by atoms with Crippen LogP contribution in [-0.2, 0) is 33.7 Å². The molecule has 9 nitrogen and oxygen atoms in total. The van der Waals surface area contributed by atoms with E-state index in [-0.39, 0.29) is 12.1 Å². The van der Waals surface area contributed by atoms with Crippen molar-refractivity contribution >= 4 is 45.0 Å². The Labute approximate surface area is 180 Å². The van der Waals surface area contributed by atoms with Gasteiger partial charge in [-0.15, -0.1) is 11.3 Å². The number of carbonyl (C=O) groups excluding carboxylic acids is 3. The molecule has 0 unspecified atom stereocenters. The third-order valence-electron chi connectivity index (χ3n) is 5.07. The van der Waals surface area contributed by atoms with Gasteiger partial charge in [-0.2, -0.15) is 0 Å². The number of thiophene rings is 1. The number of benzene rings is 1. The first-order valence-corrected chi connectivity index (χ1v) is 10.6. The molecule has 2 heterocycles. The second-order valence-corrected chi connectivity index (χ2v) is 8.29. The Balaban J connectivity index is 1.39. The van der Waals surface area contributed by atoms with Crippen molar-refractivity contribution in [2.45, 2.75) is 32.2 Å². The molecular weight excluding hydrogens is 420 g/mol. The first-order chi connectivity index (χ1) is 14.9. The molecule has 4 rings (SSSR count). The molecule has 1 aromatic carbocycles. The number of ether oxygens (including phenoxy) is 1. The van der Waals surface area contributed by atoms with Gasteiger partial charge in [0.2, 0.25) is 0 Å². The fourth-order valence-electron chi connectivity index (χ4n) is 3.63. The van der Waals surface area contributed by atoms with E-state index in [2.05, 4.69) is 10.3 Å². The second kappa shape index (κ2) is 8.68. The van der Waals surface area contributed by atoms with Gasteiger partial charge in [0.1, 0.15) is 11.5 Å². The number of nitrogens with two attached hydrogens (primary N) is 1. The van der Waals surface area contributed by atoms with Crippen LogP contribution >= 0.6 is 11.3 Å². The molecule has 0 atom stereocenters. The molecule has 2 amide bonds. The number of aryl methyl sites for hydroxylation is 1.